The van der Waals surface area contributed by atoms with E-state index in [4.69, 9.17) is 0 Å². The van der Waals surface area contributed by atoms with Gasteiger partial charge in [-0.2, -0.15) is 0 Å². The van der Waals surface area contributed by atoms with Crippen LogP contribution in [0.3, 0.4) is 0 Å². The van der Waals surface area contributed by atoms with Gasteiger partial charge in [0.2, 0.25) is 0 Å². The number of hydrogen-bond acceptors (Lipinski definition) is 1. The molecule has 0 spiro atoms. The molecule has 0 saturated heterocycles. The van der Waals surface area contributed by atoms with Crippen molar-refractivity contribution in [1.29, 1.82) is 0 Å². The fourth-order valence-electron chi connectivity index (χ4n) is 1.59. The van der Waals surface area contributed by atoms with E-state index in [2.05, 4.69) is 17.6 Å². The standard InChI is InChI=1S/C10H20N2O/c1-4-5-8-6-9(8)12-10(13)11-7(2)3/h7-9H,4-6H2,1-3H3,(H2,11,12,13). The van der Waals surface area contributed by atoms with E-state index < -0.39 is 0 Å². The number of carbonyl (C=O) groups is 1. The maximum absolute atomic E-state index is 11.2. The third kappa shape index (κ3) is 3.66. The first-order valence-corrected chi connectivity index (χ1v) is 5.20. The van der Waals surface area contributed by atoms with E-state index in [0.29, 0.717) is 6.04 Å². The predicted molar refractivity (Wildman–Crippen MR) is 53.6 cm³/mol. The van der Waals surface area contributed by atoms with Crippen LogP contribution in [-0.2, 0) is 0 Å². The second-order valence-electron chi connectivity index (χ2n) is 4.16. The van der Waals surface area contributed by atoms with Crippen LogP contribution in [0.5, 0.6) is 0 Å². The summed E-state index contributed by atoms with van der Waals surface area (Å²) in [5.41, 5.74) is 0. The summed E-state index contributed by atoms with van der Waals surface area (Å²) in [6.45, 7) is 6.12. The van der Waals surface area contributed by atoms with Crippen molar-refractivity contribution in [2.45, 2.75) is 52.1 Å². The summed E-state index contributed by atoms with van der Waals surface area (Å²) in [4.78, 5) is 11.2. The fourth-order valence-corrected chi connectivity index (χ4v) is 1.59. The SMILES string of the molecule is CCCC1CC1NC(=O)NC(C)C. The van der Waals surface area contributed by atoms with Gasteiger partial charge in [-0.05, 0) is 32.6 Å². The number of nitrogens with one attached hydrogen (secondary N) is 2. The van der Waals surface area contributed by atoms with Crippen molar-refractivity contribution >= 4 is 6.03 Å². The zero-order valence-electron chi connectivity index (χ0n) is 8.76. The summed E-state index contributed by atoms with van der Waals surface area (Å²) in [5.74, 6) is 0.739. The van der Waals surface area contributed by atoms with Gasteiger partial charge in [-0.25, -0.2) is 4.79 Å². The minimum atomic E-state index is -0.0152. The summed E-state index contributed by atoms with van der Waals surface area (Å²) in [6.07, 6.45) is 3.63. The molecule has 0 aliphatic heterocycles. The number of urea groups is 1. The molecule has 2 N–H and O–H groups in total. The van der Waals surface area contributed by atoms with Crippen LogP contribution < -0.4 is 10.6 Å². The summed E-state index contributed by atoms with van der Waals surface area (Å²) < 4.78 is 0. The van der Waals surface area contributed by atoms with Crippen molar-refractivity contribution in [1.82, 2.24) is 10.6 Å². The van der Waals surface area contributed by atoms with E-state index in [-0.39, 0.29) is 12.1 Å². The van der Waals surface area contributed by atoms with Crippen molar-refractivity contribution in [3.63, 3.8) is 0 Å². The lowest BCUT2D eigenvalue weighted by Gasteiger charge is -2.09. The van der Waals surface area contributed by atoms with Crippen LogP contribution in [0.25, 0.3) is 0 Å². The van der Waals surface area contributed by atoms with Gasteiger partial charge >= 0.3 is 6.03 Å². The molecule has 2 atom stereocenters. The Labute approximate surface area is 80.3 Å². The van der Waals surface area contributed by atoms with Crippen molar-refractivity contribution in [3.05, 3.63) is 0 Å². The van der Waals surface area contributed by atoms with Crippen LogP contribution in [0.1, 0.15) is 40.0 Å². The molecule has 1 fully saturated rings. The lowest BCUT2D eigenvalue weighted by Crippen LogP contribution is -2.40. The summed E-state index contributed by atoms with van der Waals surface area (Å²) in [5, 5.41) is 5.80. The topological polar surface area (TPSA) is 41.1 Å². The van der Waals surface area contributed by atoms with Gasteiger partial charge in [0.1, 0.15) is 0 Å². The summed E-state index contributed by atoms with van der Waals surface area (Å²) in [6, 6.07) is 0.653. The minimum Gasteiger partial charge on any atom is -0.336 e. The van der Waals surface area contributed by atoms with Gasteiger partial charge in [-0.3, -0.25) is 0 Å². The normalized spacial score (nSPS) is 25.8. The van der Waals surface area contributed by atoms with Gasteiger partial charge in [-0.15, -0.1) is 0 Å². The molecule has 1 aliphatic carbocycles. The average Bonchev–Trinajstić information content (AvgIpc) is 2.66. The molecule has 3 nitrogen and oxygen atoms in total. The Morgan fingerprint density at radius 1 is 1.54 bits per heavy atom. The third-order valence-electron chi connectivity index (χ3n) is 2.32. The van der Waals surface area contributed by atoms with E-state index in [1.165, 1.54) is 19.3 Å². The van der Waals surface area contributed by atoms with Gasteiger partial charge in [-0.1, -0.05) is 13.3 Å². The highest BCUT2D eigenvalue weighted by molar-refractivity contribution is 5.74. The number of rotatable bonds is 4. The van der Waals surface area contributed by atoms with E-state index >= 15 is 0 Å². The third-order valence-corrected chi connectivity index (χ3v) is 2.32. The van der Waals surface area contributed by atoms with Crippen LogP contribution in [0, 0.1) is 5.92 Å². The molecule has 0 aromatic heterocycles. The first-order chi connectivity index (χ1) is 6.13. The van der Waals surface area contributed by atoms with Crippen molar-refractivity contribution in [2.75, 3.05) is 0 Å². The summed E-state index contributed by atoms with van der Waals surface area (Å²) in [7, 11) is 0. The number of carbonyl (C=O) groups excluding carboxylic acids is 1. The largest absolute Gasteiger partial charge is 0.336 e. The lowest BCUT2D eigenvalue weighted by atomic mass is 10.2. The van der Waals surface area contributed by atoms with Gasteiger partial charge in [0.15, 0.2) is 0 Å². The van der Waals surface area contributed by atoms with Crippen LogP contribution in [0.2, 0.25) is 0 Å². The first kappa shape index (κ1) is 10.4. The smallest absolute Gasteiger partial charge is 0.315 e. The zero-order chi connectivity index (χ0) is 9.84. The Morgan fingerprint density at radius 3 is 2.77 bits per heavy atom. The lowest BCUT2D eigenvalue weighted by molar-refractivity contribution is 0.237. The van der Waals surface area contributed by atoms with Crippen LogP contribution in [0.4, 0.5) is 4.79 Å². The zero-order valence-corrected chi connectivity index (χ0v) is 8.76. The van der Waals surface area contributed by atoms with Crippen LogP contribution >= 0.6 is 0 Å². The van der Waals surface area contributed by atoms with Gasteiger partial charge in [0, 0.05) is 12.1 Å². The van der Waals surface area contributed by atoms with E-state index in [0.717, 1.165) is 5.92 Å². The average molecular weight is 184 g/mol. The second-order valence-corrected chi connectivity index (χ2v) is 4.16. The molecule has 1 rings (SSSR count). The number of hydrogen-bond donors (Lipinski definition) is 2. The first-order valence-electron chi connectivity index (χ1n) is 5.20. The molecule has 2 unspecified atom stereocenters. The molecule has 0 bridgehead atoms. The molecule has 0 aromatic rings. The Bertz CT molecular complexity index is 180. The molecule has 1 saturated carbocycles. The van der Waals surface area contributed by atoms with Crippen molar-refractivity contribution < 1.29 is 4.79 Å². The molecule has 76 valence electrons. The highest BCUT2D eigenvalue weighted by atomic mass is 16.2. The Kier molecular flexibility index (Phi) is 3.58. The highest BCUT2D eigenvalue weighted by Gasteiger charge is 2.37. The predicted octanol–water partition coefficient (Wildman–Crippen LogP) is 1.88. The van der Waals surface area contributed by atoms with E-state index in [9.17, 15) is 4.79 Å². The van der Waals surface area contributed by atoms with E-state index in [1.54, 1.807) is 0 Å². The van der Waals surface area contributed by atoms with Gasteiger partial charge < -0.3 is 10.6 Å². The van der Waals surface area contributed by atoms with Crippen LogP contribution in [0.15, 0.2) is 0 Å². The van der Waals surface area contributed by atoms with Gasteiger partial charge in [0.25, 0.3) is 0 Å². The van der Waals surface area contributed by atoms with Crippen LogP contribution in [-0.4, -0.2) is 18.1 Å². The molecule has 0 heterocycles. The second kappa shape index (κ2) is 4.49. The summed E-state index contributed by atoms with van der Waals surface area (Å²) >= 11 is 0. The minimum absolute atomic E-state index is 0.0152. The van der Waals surface area contributed by atoms with Gasteiger partial charge in [0.05, 0.1) is 0 Å². The highest BCUT2D eigenvalue weighted by Crippen LogP contribution is 2.34. The number of amides is 2. The molecule has 0 radical (unpaired) electrons. The molecule has 3 heteroatoms. The Hall–Kier alpha value is -0.730. The molecule has 13 heavy (non-hydrogen) atoms. The van der Waals surface area contributed by atoms with E-state index in [1.807, 2.05) is 13.8 Å². The Balaban J connectivity index is 2.10. The maximum atomic E-state index is 11.2. The molecule has 0 aromatic carbocycles. The Morgan fingerprint density at radius 2 is 2.23 bits per heavy atom. The van der Waals surface area contributed by atoms with Crippen molar-refractivity contribution in [2.24, 2.45) is 5.92 Å². The monoisotopic (exact) mass is 184 g/mol. The molecular weight excluding hydrogens is 164 g/mol. The molecule has 1 aliphatic rings. The quantitative estimate of drug-likeness (QED) is 0.688. The fraction of sp³-hybridized carbons (Fsp3) is 0.900. The van der Waals surface area contributed by atoms with Crippen molar-refractivity contribution in [3.8, 4) is 0 Å². The maximum Gasteiger partial charge on any atom is 0.315 e. The molecule has 2 amide bonds. The molecular formula is C10H20N2O.